The molecule has 1 aromatic heterocycles. The average Bonchev–Trinajstić information content (AvgIpc) is 2.14. The minimum atomic E-state index is -5.00. The maximum absolute atomic E-state index is 12.4. The van der Waals surface area contributed by atoms with E-state index >= 15 is 0 Å². The lowest BCUT2D eigenvalue weighted by molar-refractivity contribution is -0.140. The molecule has 0 atom stereocenters. The van der Waals surface area contributed by atoms with Gasteiger partial charge in [-0.15, -0.1) is 0 Å². The van der Waals surface area contributed by atoms with Crippen molar-refractivity contribution in [3.8, 4) is 11.5 Å². The highest BCUT2D eigenvalue weighted by molar-refractivity contribution is 5.47. The fourth-order valence-corrected chi connectivity index (χ4v) is 1.09. The van der Waals surface area contributed by atoms with Crippen LogP contribution in [0.3, 0.4) is 0 Å². The Bertz CT molecular complexity index is 391. The molecule has 0 aliphatic carbocycles. The molecule has 0 saturated carbocycles. The molecule has 16 heavy (non-hydrogen) atoms. The Morgan fingerprint density at radius 1 is 1.38 bits per heavy atom. The lowest BCUT2D eigenvalue weighted by atomic mass is 10.1. The van der Waals surface area contributed by atoms with E-state index < -0.39 is 35.4 Å². The third-order valence-electron chi connectivity index (χ3n) is 1.76. The predicted octanol–water partition coefficient (Wildman–Crippen LogP) is 2.75. The van der Waals surface area contributed by atoms with Gasteiger partial charge in [-0.2, -0.15) is 13.2 Å². The van der Waals surface area contributed by atoms with E-state index in [4.69, 9.17) is 5.11 Å². The molecule has 8 heteroatoms. The van der Waals surface area contributed by atoms with Gasteiger partial charge < -0.3 is 9.84 Å². The zero-order valence-electron chi connectivity index (χ0n) is 7.85. The van der Waals surface area contributed by atoms with E-state index in [-0.39, 0.29) is 0 Å². The molecular formula is C8H6F5NO2. The van der Waals surface area contributed by atoms with E-state index in [0.29, 0.717) is 6.20 Å². The highest BCUT2D eigenvalue weighted by Crippen LogP contribution is 2.44. The van der Waals surface area contributed by atoms with Crippen LogP contribution in [0.5, 0.6) is 11.5 Å². The normalized spacial score (nSPS) is 11.9. The number of aromatic hydroxyl groups is 1. The molecule has 0 aliphatic heterocycles. The standard InChI is InChI=1S/C8H6F5NO2/c1-16-3-2-14-5(7(9)10)6(15)4(3)8(11,12)13/h2,7,15H,1H3. The van der Waals surface area contributed by atoms with Gasteiger partial charge >= 0.3 is 6.18 Å². The van der Waals surface area contributed by atoms with Gasteiger partial charge in [-0.25, -0.2) is 13.8 Å². The molecule has 90 valence electrons. The number of rotatable bonds is 2. The number of alkyl halides is 5. The summed E-state index contributed by atoms with van der Waals surface area (Å²) in [6.45, 7) is 0. The van der Waals surface area contributed by atoms with E-state index in [0.717, 1.165) is 7.11 Å². The largest absolute Gasteiger partial charge is 0.505 e. The van der Waals surface area contributed by atoms with Gasteiger partial charge in [-0.3, -0.25) is 0 Å². The molecule has 0 spiro atoms. The van der Waals surface area contributed by atoms with Gasteiger partial charge in [0.2, 0.25) is 0 Å². The van der Waals surface area contributed by atoms with Gasteiger partial charge in [0.05, 0.1) is 13.3 Å². The van der Waals surface area contributed by atoms with Crippen LogP contribution < -0.4 is 4.74 Å². The van der Waals surface area contributed by atoms with Crippen LogP contribution in [0, 0.1) is 0 Å². The first kappa shape index (κ1) is 12.5. The van der Waals surface area contributed by atoms with E-state index in [9.17, 15) is 22.0 Å². The molecular weight excluding hydrogens is 237 g/mol. The van der Waals surface area contributed by atoms with Crippen molar-refractivity contribution in [3.05, 3.63) is 17.5 Å². The van der Waals surface area contributed by atoms with Crippen molar-refractivity contribution >= 4 is 0 Å². The minimum Gasteiger partial charge on any atom is -0.505 e. The smallest absolute Gasteiger partial charge is 0.423 e. The molecule has 0 fully saturated rings. The van der Waals surface area contributed by atoms with E-state index in [1.54, 1.807) is 0 Å². The first-order valence-corrected chi connectivity index (χ1v) is 3.90. The molecule has 0 saturated heterocycles. The van der Waals surface area contributed by atoms with Crippen molar-refractivity contribution in [2.45, 2.75) is 12.6 Å². The SMILES string of the molecule is COc1cnc(C(F)F)c(O)c1C(F)(F)F. The number of methoxy groups -OCH3 is 1. The number of halogens is 5. The van der Waals surface area contributed by atoms with Crippen LogP contribution in [0.25, 0.3) is 0 Å². The Morgan fingerprint density at radius 2 is 1.94 bits per heavy atom. The van der Waals surface area contributed by atoms with Crippen molar-refractivity contribution < 1.29 is 31.8 Å². The van der Waals surface area contributed by atoms with Crippen molar-refractivity contribution in [1.29, 1.82) is 0 Å². The molecule has 0 amide bonds. The molecule has 1 rings (SSSR count). The van der Waals surface area contributed by atoms with Gasteiger partial charge in [0.15, 0.2) is 11.5 Å². The second kappa shape index (κ2) is 4.11. The van der Waals surface area contributed by atoms with Crippen LogP contribution in [0.1, 0.15) is 17.7 Å². The van der Waals surface area contributed by atoms with Crippen LogP contribution in [0.4, 0.5) is 22.0 Å². The third-order valence-corrected chi connectivity index (χ3v) is 1.76. The zero-order valence-corrected chi connectivity index (χ0v) is 7.85. The first-order valence-electron chi connectivity index (χ1n) is 3.90. The third kappa shape index (κ3) is 2.15. The maximum Gasteiger partial charge on any atom is 0.423 e. The molecule has 3 nitrogen and oxygen atoms in total. The minimum absolute atomic E-state index is 0.490. The summed E-state index contributed by atoms with van der Waals surface area (Å²) in [6.07, 6.45) is -7.81. The Hall–Kier alpha value is -1.60. The number of hydrogen-bond acceptors (Lipinski definition) is 3. The summed E-state index contributed by atoms with van der Waals surface area (Å²) in [7, 11) is 0.910. The van der Waals surface area contributed by atoms with Crippen LogP contribution >= 0.6 is 0 Å². The summed E-state index contributed by atoms with van der Waals surface area (Å²) in [5, 5.41) is 9.06. The van der Waals surface area contributed by atoms with Gasteiger partial charge in [0.1, 0.15) is 11.3 Å². The zero-order chi connectivity index (χ0) is 12.5. The maximum atomic E-state index is 12.4. The summed E-state index contributed by atoms with van der Waals surface area (Å²) in [5.41, 5.74) is -2.98. The van der Waals surface area contributed by atoms with Crippen LogP contribution in [0.15, 0.2) is 6.20 Å². The van der Waals surface area contributed by atoms with Crippen molar-refractivity contribution in [3.63, 3.8) is 0 Å². The van der Waals surface area contributed by atoms with E-state index in [1.807, 2.05) is 0 Å². The van der Waals surface area contributed by atoms with Gasteiger partial charge in [-0.05, 0) is 0 Å². The second-order valence-corrected chi connectivity index (χ2v) is 2.73. The Balaban J connectivity index is 3.47. The lowest BCUT2D eigenvalue weighted by Gasteiger charge is -2.14. The fourth-order valence-electron chi connectivity index (χ4n) is 1.09. The number of ether oxygens (including phenoxy) is 1. The Kier molecular flexibility index (Phi) is 3.20. The Morgan fingerprint density at radius 3 is 2.31 bits per heavy atom. The summed E-state index contributed by atoms with van der Waals surface area (Å²) >= 11 is 0. The number of pyridine rings is 1. The summed E-state index contributed by atoms with van der Waals surface area (Å²) in [6, 6.07) is 0. The second-order valence-electron chi connectivity index (χ2n) is 2.73. The average molecular weight is 243 g/mol. The van der Waals surface area contributed by atoms with Gasteiger partial charge in [0, 0.05) is 0 Å². The van der Waals surface area contributed by atoms with E-state index in [2.05, 4.69) is 9.72 Å². The molecule has 0 aromatic carbocycles. The van der Waals surface area contributed by atoms with Crippen LogP contribution in [-0.2, 0) is 6.18 Å². The quantitative estimate of drug-likeness (QED) is 0.812. The Labute approximate surface area is 86.5 Å². The highest BCUT2D eigenvalue weighted by atomic mass is 19.4. The molecule has 1 aromatic rings. The fraction of sp³-hybridized carbons (Fsp3) is 0.375. The molecule has 0 unspecified atom stereocenters. The molecule has 0 aliphatic rings. The number of aromatic nitrogens is 1. The monoisotopic (exact) mass is 243 g/mol. The number of hydrogen-bond donors (Lipinski definition) is 1. The van der Waals surface area contributed by atoms with Gasteiger partial charge in [-0.1, -0.05) is 0 Å². The molecule has 1 heterocycles. The summed E-state index contributed by atoms with van der Waals surface area (Å²) in [4.78, 5) is 3.00. The summed E-state index contributed by atoms with van der Waals surface area (Å²) in [5.74, 6) is -2.42. The van der Waals surface area contributed by atoms with Crippen molar-refractivity contribution in [2.75, 3.05) is 7.11 Å². The molecule has 0 radical (unpaired) electrons. The molecule has 1 N–H and O–H groups in total. The summed E-state index contributed by atoms with van der Waals surface area (Å²) < 4.78 is 66.0. The van der Waals surface area contributed by atoms with Gasteiger partial charge in [0.25, 0.3) is 6.43 Å². The van der Waals surface area contributed by atoms with E-state index in [1.165, 1.54) is 0 Å². The topological polar surface area (TPSA) is 42.4 Å². The van der Waals surface area contributed by atoms with Crippen LogP contribution in [-0.4, -0.2) is 17.2 Å². The van der Waals surface area contributed by atoms with Crippen molar-refractivity contribution in [1.82, 2.24) is 4.98 Å². The first-order chi connectivity index (χ1) is 7.29. The highest BCUT2D eigenvalue weighted by Gasteiger charge is 2.40. The molecule has 0 bridgehead atoms. The predicted molar refractivity (Wildman–Crippen MR) is 42.4 cm³/mol. The number of nitrogens with zero attached hydrogens (tertiary/aromatic N) is 1. The van der Waals surface area contributed by atoms with Crippen LogP contribution in [0.2, 0.25) is 0 Å². The van der Waals surface area contributed by atoms with Crippen molar-refractivity contribution in [2.24, 2.45) is 0 Å². The lowest BCUT2D eigenvalue weighted by Crippen LogP contribution is -2.10.